The number of nitrogens with one attached hydrogen (secondary N) is 1. The van der Waals surface area contributed by atoms with Gasteiger partial charge < -0.3 is 10.1 Å². The highest BCUT2D eigenvalue weighted by Crippen LogP contribution is 2.27. The molecular formula is C23H31ClN2O4S. The van der Waals surface area contributed by atoms with Crippen LogP contribution in [-0.2, 0) is 14.8 Å². The van der Waals surface area contributed by atoms with Gasteiger partial charge in [0.15, 0.2) is 0 Å². The number of carbonyl (C=O) groups is 1. The number of methoxy groups -OCH3 is 1. The van der Waals surface area contributed by atoms with E-state index in [0.29, 0.717) is 28.9 Å². The summed E-state index contributed by atoms with van der Waals surface area (Å²) in [4.78, 5) is 12.8. The summed E-state index contributed by atoms with van der Waals surface area (Å²) < 4.78 is 33.0. The Hall–Kier alpha value is -2.25. The average Bonchev–Trinajstić information content (AvgIpc) is 2.77. The van der Waals surface area contributed by atoms with Crippen molar-refractivity contribution in [3.05, 3.63) is 53.6 Å². The fourth-order valence-electron chi connectivity index (χ4n) is 3.21. The molecule has 0 saturated heterocycles. The summed E-state index contributed by atoms with van der Waals surface area (Å²) in [5, 5.41) is 3.29. The van der Waals surface area contributed by atoms with Crippen molar-refractivity contribution in [3.63, 3.8) is 0 Å². The molecule has 0 aromatic heterocycles. The van der Waals surface area contributed by atoms with E-state index in [4.69, 9.17) is 16.3 Å². The molecule has 0 aliphatic rings. The maximum atomic E-state index is 13.4. The Morgan fingerprint density at radius 2 is 1.87 bits per heavy atom. The zero-order valence-electron chi connectivity index (χ0n) is 18.3. The average molecular weight is 467 g/mol. The summed E-state index contributed by atoms with van der Waals surface area (Å²) >= 11 is 6.09. The van der Waals surface area contributed by atoms with Crippen molar-refractivity contribution in [1.82, 2.24) is 5.32 Å². The van der Waals surface area contributed by atoms with Crippen LogP contribution >= 0.6 is 11.6 Å². The summed E-state index contributed by atoms with van der Waals surface area (Å²) in [6, 6.07) is 12.5. The number of hydrogen-bond donors (Lipinski definition) is 1. The second-order valence-corrected chi connectivity index (χ2v) is 9.69. The molecule has 31 heavy (non-hydrogen) atoms. The molecule has 0 bridgehead atoms. The zero-order chi connectivity index (χ0) is 22.9. The van der Waals surface area contributed by atoms with Crippen LogP contribution in [0.4, 0.5) is 5.69 Å². The van der Waals surface area contributed by atoms with Gasteiger partial charge in [0.2, 0.25) is 5.91 Å². The van der Waals surface area contributed by atoms with E-state index in [0.717, 1.165) is 30.0 Å². The molecule has 0 heterocycles. The van der Waals surface area contributed by atoms with Gasteiger partial charge in [-0.05, 0) is 54.8 Å². The highest BCUT2D eigenvalue weighted by Gasteiger charge is 2.27. The van der Waals surface area contributed by atoms with Crippen molar-refractivity contribution >= 4 is 33.2 Å². The highest BCUT2D eigenvalue weighted by atomic mass is 35.5. The van der Waals surface area contributed by atoms with Gasteiger partial charge in [0.1, 0.15) is 12.3 Å². The summed E-state index contributed by atoms with van der Waals surface area (Å²) in [7, 11) is -2.48. The monoisotopic (exact) mass is 466 g/mol. The van der Waals surface area contributed by atoms with Crippen LogP contribution in [0, 0.1) is 5.92 Å². The number of ether oxygens (including phenoxy) is 1. The fraction of sp³-hybridized carbons (Fsp3) is 0.435. The third kappa shape index (κ3) is 7.14. The molecule has 0 saturated carbocycles. The Kier molecular flexibility index (Phi) is 9.65. The first-order valence-corrected chi connectivity index (χ1v) is 12.3. The number of rotatable bonds is 12. The molecule has 170 valence electrons. The van der Waals surface area contributed by atoms with Crippen LogP contribution in [0.3, 0.4) is 0 Å². The minimum atomic E-state index is -3.99. The fourth-order valence-corrected chi connectivity index (χ4v) is 4.81. The van der Waals surface area contributed by atoms with Gasteiger partial charge in [-0.3, -0.25) is 9.10 Å². The van der Waals surface area contributed by atoms with Crippen molar-refractivity contribution < 1.29 is 17.9 Å². The van der Waals surface area contributed by atoms with Crippen molar-refractivity contribution in [3.8, 4) is 5.75 Å². The molecule has 1 amide bonds. The number of benzene rings is 2. The minimum absolute atomic E-state index is 0.0652. The van der Waals surface area contributed by atoms with Crippen LogP contribution in [-0.4, -0.2) is 34.5 Å². The lowest BCUT2D eigenvalue weighted by Gasteiger charge is -2.25. The Morgan fingerprint density at radius 1 is 1.16 bits per heavy atom. The lowest BCUT2D eigenvalue weighted by molar-refractivity contribution is -0.119. The molecule has 2 aromatic carbocycles. The number of unbranched alkanes of at least 4 members (excludes halogenated alkanes) is 1. The van der Waals surface area contributed by atoms with Gasteiger partial charge in [-0.2, -0.15) is 0 Å². The zero-order valence-corrected chi connectivity index (χ0v) is 19.9. The lowest BCUT2D eigenvalue weighted by atomic mass is 9.99. The van der Waals surface area contributed by atoms with Gasteiger partial charge in [-0.25, -0.2) is 8.42 Å². The predicted molar refractivity (Wildman–Crippen MR) is 125 cm³/mol. The van der Waals surface area contributed by atoms with E-state index in [1.165, 1.54) is 25.3 Å². The normalized spacial score (nSPS) is 12.3. The lowest BCUT2D eigenvalue weighted by Crippen LogP contribution is -2.42. The molecule has 0 radical (unpaired) electrons. The molecular weight excluding hydrogens is 436 g/mol. The molecule has 1 N–H and O–H groups in total. The van der Waals surface area contributed by atoms with E-state index in [9.17, 15) is 13.2 Å². The van der Waals surface area contributed by atoms with E-state index < -0.39 is 10.0 Å². The second kappa shape index (κ2) is 12.0. The van der Waals surface area contributed by atoms with E-state index in [2.05, 4.69) is 19.2 Å². The van der Waals surface area contributed by atoms with E-state index in [-0.39, 0.29) is 17.3 Å². The van der Waals surface area contributed by atoms with Gasteiger partial charge in [0, 0.05) is 11.6 Å². The summed E-state index contributed by atoms with van der Waals surface area (Å²) in [5.41, 5.74) is 0.330. The number of sulfonamides is 1. The third-order valence-corrected chi connectivity index (χ3v) is 7.19. The molecule has 8 heteroatoms. The topological polar surface area (TPSA) is 75.7 Å². The smallest absolute Gasteiger partial charge is 0.264 e. The van der Waals surface area contributed by atoms with Crippen molar-refractivity contribution in [2.24, 2.45) is 5.92 Å². The van der Waals surface area contributed by atoms with Gasteiger partial charge in [0.05, 0.1) is 17.7 Å². The SMILES string of the molecule is CCCCC(CC)CNC(=O)CN(c1cccc(Cl)c1)S(=O)(=O)c1ccc(OC)cc1. The standard InChI is InChI=1S/C23H31ClN2O4S/c1-4-6-8-18(5-2)16-25-23(27)17-26(20-10-7-9-19(24)15-20)31(28,29)22-13-11-21(30-3)12-14-22/h7,9-15,18H,4-6,8,16-17H2,1-3H3,(H,25,27). The van der Waals surface area contributed by atoms with Gasteiger partial charge in [-0.1, -0.05) is 50.8 Å². The molecule has 1 atom stereocenters. The van der Waals surface area contributed by atoms with Crippen LogP contribution in [0.25, 0.3) is 0 Å². The second-order valence-electron chi connectivity index (χ2n) is 7.39. The number of hydrogen-bond acceptors (Lipinski definition) is 4. The van der Waals surface area contributed by atoms with Gasteiger partial charge >= 0.3 is 0 Å². The van der Waals surface area contributed by atoms with Crippen LogP contribution in [0.2, 0.25) is 5.02 Å². The molecule has 0 aliphatic carbocycles. The molecule has 1 unspecified atom stereocenters. The quantitative estimate of drug-likeness (QED) is 0.483. The minimum Gasteiger partial charge on any atom is -0.497 e. The van der Waals surface area contributed by atoms with E-state index >= 15 is 0 Å². The molecule has 0 aliphatic heterocycles. The number of carbonyl (C=O) groups excluding carboxylic acids is 1. The first-order chi connectivity index (χ1) is 14.8. The van der Waals surface area contributed by atoms with Crippen LogP contribution < -0.4 is 14.4 Å². The van der Waals surface area contributed by atoms with E-state index in [1.807, 2.05) is 0 Å². The molecule has 0 spiro atoms. The summed E-state index contributed by atoms with van der Waals surface area (Å²) in [6.07, 6.45) is 4.21. The van der Waals surface area contributed by atoms with Crippen LogP contribution in [0.15, 0.2) is 53.4 Å². The third-order valence-electron chi connectivity index (χ3n) is 5.16. The summed E-state index contributed by atoms with van der Waals surface area (Å²) in [6.45, 7) is 4.43. The molecule has 2 aromatic rings. The number of halogens is 1. The van der Waals surface area contributed by atoms with Crippen molar-refractivity contribution in [2.75, 3.05) is 24.5 Å². The van der Waals surface area contributed by atoms with Crippen molar-refractivity contribution in [1.29, 1.82) is 0 Å². The van der Waals surface area contributed by atoms with Crippen LogP contribution in [0.1, 0.15) is 39.5 Å². The summed E-state index contributed by atoms with van der Waals surface area (Å²) in [5.74, 6) is 0.567. The molecule has 2 rings (SSSR count). The maximum absolute atomic E-state index is 13.4. The van der Waals surface area contributed by atoms with E-state index in [1.54, 1.807) is 30.3 Å². The first-order valence-electron chi connectivity index (χ1n) is 10.5. The van der Waals surface area contributed by atoms with Crippen molar-refractivity contribution in [2.45, 2.75) is 44.4 Å². The largest absolute Gasteiger partial charge is 0.497 e. The Bertz CT molecular complexity index is 948. The Balaban J connectivity index is 2.25. The number of anilines is 1. The predicted octanol–water partition coefficient (Wildman–Crippen LogP) is 4.88. The molecule has 6 nitrogen and oxygen atoms in total. The van der Waals surface area contributed by atoms with Gasteiger partial charge in [-0.15, -0.1) is 0 Å². The van der Waals surface area contributed by atoms with Gasteiger partial charge in [0.25, 0.3) is 10.0 Å². The Morgan fingerprint density at radius 3 is 2.45 bits per heavy atom. The van der Waals surface area contributed by atoms with Crippen LogP contribution in [0.5, 0.6) is 5.75 Å². The number of amides is 1. The number of nitrogens with zero attached hydrogens (tertiary/aromatic N) is 1. The highest BCUT2D eigenvalue weighted by molar-refractivity contribution is 7.92. The first kappa shape index (κ1) is 25.0. The Labute approximate surface area is 190 Å². The maximum Gasteiger partial charge on any atom is 0.264 e. The molecule has 0 fully saturated rings.